The number of halogens is 3. The van der Waals surface area contributed by atoms with Crippen LogP contribution in [0.2, 0.25) is 5.02 Å². The molecule has 0 bridgehead atoms. The zero-order valence-electron chi connectivity index (χ0n) is 8.08. The highest BCUT2D eigenvalue weighted by Crippen LogP contribution is 2.30. The van der Waals surface area contributed by atoms with E-state index in [0.717, 1.165) is 9.79 Å². The maximum absolute atomic E-state index is 13.2. The van der Waals surface area contributed by atoms with E-state index in [1.807, 2.05) is 30.3 Å². The van der Waals surface area contributed by atoms with E-state index in [-0.39, 0.29) is 10.8 Å². The molecule has 16 heavy (non-hydrogen) atoms. The number of benzene rings is 2. The molecule has 0 aliphatic heterocycles. The monoisotopic (exact) mass is 364 g/mol. The Morgan fingerprint density at radius 2 is 1.62 bits per heavy atom. The number of hydrogen-bond acceptors (Lipinski definition) is 1. The minimum absolute atomic E-state index is 0.159. The Labute approximate surface area is 116 Å². The van der Waals surface area contributed by atoms with Crippen molar-refractivity contribution in [2.45, 2.75) is 9.79 Å². The van der Waals surface area contributed by atoms with Gasteiger partial charge in [-0.2, -0.15) is 0 Å². The van der Waals surface area contributed by atoms with E-state index in [0.29, 0.717) is 0 Å². The van der Waals surface area contributed by atoms with Gasteiger partial charge in [-0.15, -0.1) is 0 Å². The highest BCUT2D eigenvalue weighted by Gasteiger charge is 2.02. The summed E-state index contributed by atoms with van der Waals surface area (Å²) < 4.78 is 14.4. The summed E-state index contributed by atoms with van der Waals surface area (Å²) in [5.74, 6) is -0.378. The second kappa shape index (κ2) is 5.38. The van der Waals surface area contributed by atoms with Gasteiger partial charge in [-0.05, 0) is 65.1 Å². The van der Waals surface area contributed by atoms with Gasteiger partial charge in [-0.1, -0.05) is 23.4 Å². The predicted octanol–water partition coefficient (Wildman–Crippen LogP) is 5.23. The lowest BCUT2D eigenvalue weighted by atomic mass is 10.3. The maximum atomic E-state index is 13.2. The van der Waals surface area contributed by atoms with Gasteiger partial charge in [-0.25, -0.2) is 4.39 Å². The normalized spacial score (nSPS) is 10.4. The Hall–Kier alpha value is -0.260. The van der Waals surface area contributed by atoms with Crippen molar-refractivity contribution in [2.24, 2.45) is 0 Å². The van der Waals surface area contributed by atoms with Crippen LogP contribution in [0.25, 0.3) is 0 Å². The summed E-state index contributed by atoms with van der Waals surface area (Å²) in [7, 11) is 0. The average Bonchev–Trinajstić information content (AvgIpc) is 2.27. The number of rotatable bonds is 2. The zero-order valence-corrected chi connectivity index (χ0v) is 11.8. The molecule has 0 atom stereocenters. The van der Waals surface area contributed by atoms with Crippen LogP contribution in [0.3, 0.4) is 0 Å². The third-order valence-corrected chi connectivity index (χ3v) is 3.96. The number of hydrogen-bond donors (Lipinski definition) is 0. The molecule has 0 aromatic heterocycles. The van der Waals surface area contributed by atoms with Crippen LogP contribution in [0.4, 0.5) is 4.39 Å². The highest BCUT2D eigenvalue weighted by molar-refractivity contribution is 14.1. The van der Waals surface area contributed by atoms with Gasteiger partial charge in [0.25, 0.3) is 0 Å². The minimum Gasteiger partial charge on any atom is -0.205 e. The van der Waals surface area contributed by atoms with Crippen molar-refractivity contribution in [3.05, 3.63) is 56.9 Å². The Kier molecular flexibility index (Phi) is 4.10. The molecule has 0 amide bonds. The second-order valence-corrected chi connectivity index (χ2v) is 5.93. The summed E-state index contributed by atoms with van der Waals surface area (Å²) in [5, 5.41) is 0.159. The van der Waals surface area contributed by atoms with Crippen LogP contribution in [0.15, 0.2) is 52.3 Å². The fourth-order valence-electron chi connectivity index (χ4n) is 1.18. The quantitative estimate of drug-likeness (QED) is 0.657. The lowest BCUT2D eigenvalue weighted by Gasteiger charge is -2.02. The first kappa shape index (κ1) is 12.2. The molecular weight excluding hydrogens is 358 g/mol. The second-order valence-electron chi connectivity index (χ2n) is 3.13. The van der Waals surface area contributed by atoms with E-state index in [4.69, 9.17) is 11.6 Å². The summed E-state index contributed by atoms with van der Waals surface area (Å²) in [4.78, 5) is 1.94. The van der Waals surface area contributed by atoms with Gasteiger partial charge >= 0.3 is 0 Å². The largest absolute Gasteiger partial charge is 0.205 e. The van der Waals surface area contributed by atoms with Crippen molar-refractivity contribution in [3.8, 4) is 0 Å². The van der Waals surface area contributed by atoms with Gasteiger partial charge in [0, 0.05) is 13.4 Å². The molecule has 2 rings (SSSR count). The Balaban J connectivity index is 2.20. The zero-order chi connectivity index (χ0) is 11.5. The van der Waals surface area contributed by atoms with Crippen molar-refractivity contribution in [1.82, 2.24) is 0 Å². The van der Waals surface area contributed by atoms with Crippen molar-refractivity contribution < 1.29 is 4.39 Å². The van der Waals surface area contributed by atoms with Crippen molar-refractivity contribution in [1.29, 1.82) is 0 Å². The highest BCUT2D eigenvalue weighted by atomic mass is 127. The molecule has 0 radical (unpaired) electrons. The van der Waals surface area contributed by atoms with E-state index in [2.05, 4.69) is 22.6 Å². The predicted molar refractivity (Wildman–Crippen MR) is 74.7 cm³/mol. The van der Waals surface area contributed by atoms with Crippen LogP contribution in [0.1, 0.15) is 0 Å². The van der Waals surface area contributed by atoms with E-state index in [9.17, 15) is 4.39 Å². The molecule has 2 aromatic rings. The molecule has 82 valence electrons. The first-order valence-electron chi connectivity index (χ1n) is 4.53. The molecule has 0 aliphatic rings. The molecule has 0 fully saturated rings. The van der Waals surface area contributed by atoms with Crippen LogP contribution in [-0.4, -0.2) is 0 Å². The van der Waals surface area contributed by atoms with Crippen molar-refractivity contribution >= 4 is 46.0 Å². The fraction of sp³-hybridized carbons (Fsp3) is 0. The van der Waals surface area contributed by atoms with Crippen LogP contribution < -0.4 is 0 Å². The minimum atomic E-state index is -0.378. The molecular formula is C12H7ClFIS. The summed E-state index contributed by atoms with van der Waals surface area (Å²) in [5.41, 5.74) is 0. The van der Waals surface area contributed by atoms with Gasteiger partial charge in [0.2, 0.25) is 0 Å². The van der Waals surface area contributed by atoms with Gasteiger partial charge in [0.05, 0.1) is 5.02 Å². The summed E-state index contributed by atoms with van der Waals surface area (Å²) in [6, 6.07) is 12.9. The summed E-state index contributed by atoms with van der Waals surface area (Å²) >= 11 is 9.39. The summed E-state index contributed by atoms with van der Waals surface area (Å²) in [6.45, 7) is 0. The molecule has 0 nitrogen and oxygen atoms in total. The average molecular weight is 365 g/mol. The molecule has 0 saturated carbocycles. The van der Waals surface area contributed by atoms with Crippen LogP contribution in [0, 0.1) is 9.39 Å². The van der Waals surface area contributed by atoms with Crippen LogP contribution >= 0.6 is 46.0 Å². The first-order valence-corrected chi connectivity index (χ1v) is 6.81. The Morgan fingerprint density at radius 1 is 1.00 bits per heavy atom. The molecule has 0 unspecified atom stereocenters. The van der Waals surface area contributed by atoms with E-state index in [1.165, 1.54) is 21.4 Å². The lowest BCUT2D eigenvalue weighted by Crippen LogP contribution is -1.79. The molecule has 0 aliphatic carbocycles. The van der Waals surface area contributed by atoms with Gasteiger partial charge in [-0.3, -0.25) is 0 Å². The molecule has 0 saturated heterocycles. The molecule has 0 heterocycles. The van der Waals surface area contributed by atoms with Crippen molar-refractivity contribution in [3.63, 3.8) is 0 Å². The van der Waals surface area contributed by atoms with Gasteiger partial charge < -0.3 is 0 Å². The van der Waals surface area contributed by atoms with Crippen LogP contribution in [-0.2, 0) is 0 Å². The standard InChI is InChI=1S/C12H7ClFIS/c13-11-6-5-10(7-12(11)14)16-9-3-1-8(15)2-4-9/h1-7H. The van der Waals surface area contributed by atoms with Gasteiger partial charge in [0.1, 0.15) is 5.82 Å². The van der Waals surface area contributed by atoms with E-state index in [1.54, 1.807) is 6.07 Å². The van der Waals surface area contributed by atoms with E-state index < -0.39 is 0 Å². The molecule has 0 N–H and O–H groups in total. The maximum Gasteiger partial charge on any atom is 0.142 e. The first-order chi connectivity index (χ1) is 7.65. The topological polar surface area (TPSA) is 0 Å². The summed E-state index contributed by atoms with van der Waals surface area (Å²) in [6.07, 6.45) is 0. The molecule has 0 spiro atoms. The molecule has 4 heteroatoms. The smallest absolute Gasteiger partial charge is 0.142 e. The van der Waals surface area contributed by atoms with Crippen LogP contribution in [0.5, 0.6) is 0 Å². The van der Waals surface area contributed by atoms with Gasteiger partial charge in [0.15, 0.2) is 0 Å². The Bertz CT molecular complexity index is 499. The van der Waals surface area contributed by atoms with E-state index >= 15 is 0 Å². The van der Waals surface area contributed by atoms with Crippen molar-refractivity contribution in [2.75, 3.05) is 0 Å². The fourth-order valence-corrected chi connectivity index (χ4v) is 2.50. The molecule has 2 aromatic carbocycles. The Morgan fingerprint density at radius 3 is 2.25 bits per heavy atom. The lowest BCUT2D eigenvalue weighted by molar-refractivity contribution is 0.624. The third kappa shape index (κ3) is 3.12. The SMILES string of the molecule is Fc1cc(Sc2ccc(I)cc2)ccc1Cl. The third-order valence-electron chi connectivity index (χ3n) is 1.94.